The highest BCUT2D eigenvalue weighted by Gasteiger charge is 2.33. The van der Waals surface area contributed by atoms with Crippen molar-refractivity contribution in [3.8, 4) is 0 Å². The number of amides is 1. The van der Waals surface area contributed by atoms with Crippen LogP contribution in [0.4, 0.5) is 0 Å². The number of rotatable bonds is 5. The van der Waals surface area contributed by atoms with E-state index in [-0.39, 0.29) is 17.9 Å². The molecule has 166 valence electrons. The van der Waals surface area contributed by atoms with Gasteiger partial charge in [0, 0.05) is 24.0 Å². The Labute approximate surface area is 189 Å². The zero-order valence-corrected chi connectivity index (χ0v) is 19.4. The molecule has 1 fully saturated rings. The smallest absolute Gasteiger partial charge is 0.243 e. The van der Waals surface area contributed by atoms with E-state index in [9.17, 15) is 13.2 Å². The van der Waals surface area contributed by atoms with E-state index in [2.05, 4.69) is 5.32 Å². The van der Waals surface area contributed by atoms with Crippen LogP contribution < -0.4 is 5.32 Å². The number of fused-ring (bicyclic) bond motifs is 1. The molecular formula is C24H29ClN2O3S. The summed E-state index contributed by atoms with van der Waals surface area (Å²) in [5.41, 5.74) is 3.43. The Morgan fingerprint density at radius 2 is 1.68 bits per heavy atom. The monoisotopic (exact) mass is 460 g/mol. The molecule has 0 spiro atoms. The Morgan fingerprint density at radius 3 is 2.35 bits per heavy atom. The number of hydrogen-bond acceptors (Lipinski definition) is 3. The summed E-state index contributed by atoms with van der Waals surface area (Å²) in [7, 11) is -3.53. The summed E-state index contributed by atoms with van der Waals surface area (Å²) in [6.45, 7) is 2.68. The molecule has 0 bridgehead atoms. The molecule has 1 aliphatic heterocycles. The van der Waals surface area contributed by atoms with Crippen LogP contribution in [0.25, 0.3) is 0 Å². The van der Waals surface area contributed by atoms with Crippen molar-refractivity contribution < 1.29 is 13.2 Å². The lowest BCUT2D eigenvalue weighted by molar-refractivity contribution is -0.126. The van der Waals surface area contributed by atoms with E-state index in [4.69, 9.17) is 11.6 Å². The van der Waals surface area contributed by atoms with Crippen LogP contribution in [0.15, 0.2) is 47.4 Å². The zero-order valence-electron chi connectivity index (χ0n) is 17.8. The molecule has 1 N–H and O–H groups in total. The maximum absolute atomic E-state index is 13.2. The molecule has 7 heteroatoms. The molecule has 2 aliphatic rings. The van der Waals surface area contributed by atoms with Crippen molar-refractivity contribution in [2.75, 3.05) is 13.1 Å². The van der Waals surface area contributed by atoms with Gasteiger partial charge in [0.15, 0.2) is 0 Å². The zero-order chi connectivity index (χ0) is 22.0. The molecule has 0 aromatic heterocycles. The maximum atomic E-state index is 13.2. The topological polar surface area (TPSA) is 66.5 Å². The lowest BCUT2D eigenvalue weighted by Crippen LogP contribution is -2.43. The fourth-order valence-electron chi connectivity index (χ4n) is 4.54. The normalized spacial score (nSPS) is 18.9. The molecule has 1 aliphatic carbocycles. The number of benzene rings is 2. The van der Waals surface area contributed by atoms with Gasteiger partial charge in [0.25, 0.3) is 0 Å². The first kappa shape index (κ1) is 22.3. The van der Waals surface area contributed by atoms with Gasteiger partial charge in [-0.3, -0.25) is 4.79 Å². The largest absolute Gasteiger partial charge is 0.349 e. The van der Waals surface area contributed by atoms with Crippen LogP contribution in [-0.4, -0.2) is 31.7 Å². The lowest BCUT2D eigenvalue weighted by atomic mass is 9.92. The summed E-state index contributed by atoms with van der Waals surface area (Å²) in [5, 5.41) is 3.72. The van der Waals surface area contributed by atoms with Gasteiger partial charge in [-0.05, 0) is 86.4 Å². The predicted octanol–water partition coefficient (Wildman–Crippen LogP) is 4.50. The van der Waals surface area contributed by atoms with Gasteiger partial charge in [0.05, 0.1) is 10.9 Å². The molecule has 1 atom stereocenters. The van der Waals surface area contributed by atoms with Gasteiger partial charge in [-0.1, -0.05) is 29.8 Å². The van der Waals surface area contributed by atoms with E-state index in [1.54, 1.807) is 6.07 Å². The summed E-state index contributed by atoms with van der Waals surface area (Å²) in [6, 6.07) is 12.9. The first-order chi connectivity index (χ1) is 14.8. The number of nitrogens with one attached hydrogen (secondary N) is 1. The molecule has 4 rings (SSSR count). The van der Waals surface area contributed by atoms with Crippen molar-refractivity contribution >= 4 is 27.5 Å². The van der Waals surface area contributed by atoms with Gasteiger partial charge in [0.1, 0.15) is 0 Å². The maximum Gasteiger partial charge on any atom is 0.243 e. The van der Waals surface area contributed by atoms with E-state index < -0.39 is 10.0 Å². The standard InChI is InChI=1S/C24H29ClN2O3S/c1-17(18-6-9-22(25)10-7-18)26-24(28)20-12-14-27(15-13-20)31(29,30)23-11-8-19-4-2-3-5-21(19)16-23/h6-11,16-17,20H,2-5,12-15H2,1H3,(H,26,28). The summed E-state index contributed by atoms with van der Waals surface area (Å²) >= 11 is 5.93. The second-order valence-corrected chi connectivity index (χ2v) is 11.0. The third kappa shape index (κ3) is 4.97. The number of piperidine rings is 1. The Hall–Kier alpha value is -1.89. The van der Waals surface area contributed by atoms with E-state index in [1.165, 1.54) is 16.3 Å². The van der Waals surface area contributed by atoms with Crippen molar-refractivity contribution in [2.45, 2.75) is 56.4 Å². The molecule has 1 unspecified atom stereocenters. The molecule has 1 saturated heterocycles. The van der Waals surface area contributed by atoms with Crippen molar-refractivity contribution in [2.24, 2.45) is 5.92 Å². The number of carbonyl (C=O) groups excluding carboxylic acids is 1. The molecule has 1 amide bonds. The Bertz CT molecular complexity index is 1040. The van der Waals surface area contributed by atoms with Crippen LogP contribution in [0.5, 0.6) is 0 Å². The van der Waals surface area contributed by atoms with Crippen LogP contribution in [0.2, 0.25) is 5.02 Å². The highest BCUT2D eigenvalue weighted by molar-refractivity contribution is 7.89. The van der Waals surface area contributed by atoms with E-state index in [0.29, 0.717) is 35.8 Å². The summed E-state index contributed by atoms with van der Waals surface area (Å²) in [5.74, 6) is -0.196. The Kier molecular flexibility index (Phi) is 6.70. The van der Waals surface area contributed by atoms with Gasteiger partial charge >= 0.3 is 0 Å². The van der Waals surface area contributed by atoms with Crippen LogP contribution in [0.1, 0.15) is 55.3 Å². The molecular weight excluding hydrogens is 432 g/mol. The molecule has 31 heavy (non-hydrogen) atoms. The van der Waals surface area contributed by atoms with Gasteiger partial charge in [-0.25, -0.2) is 8.42 Å². The van der Waals surface area contributed by atoms with Crippen molar-refractivity contribution in [1.29, 1.82) is 0 Å². The Morgan fingerprint density at radius 1 is 1.03 bits per heavy atom. The summed E-state index contributed by atoms with van der Waals surface area (Å²) < 4.78 is 27.8. The van der Waals surface area contributed by atoms with Gasteiger partial charge in [-0.2, -0.15) is 4.31 Å². The van der Waals surface area contributed by atoms with Crippen LogP contribution in [0.3, 0.4) is 0 Å². The van der Waals surface area contributed by atoms with Gasteiger partial charge in [0.2, 0.25) is 15.9 Å². The average molecular weight is 461 g/mol. The highest BCUT2D eigenvalue weighted by Crippen LogP contribution is 2.28. The number of aryl methyl sites for hydroxylation is 2. The van der Waals surface area contributed by atoms with Crippen molar-refractivity contribution in [3.63, 3.8) is 0 Å². The van der Waals surface area contributed by atoms with E-state index in [1.807, 2.05) is 43.3 Å². The minimum Gasteiger partial charge on any atom is -0.349 e. The van der Waals surface area contributed by atoms with E-state index in [0.717, 1.165) is 30.4 Å². The lowest BCUT2D eigenvalue weighted by Gasteiger charge is -2.31. The third-order valence-electron chi connectivity index (χ3n) is 6.51. The first-order valence-corrected chi connectivity index (χ1v) is 12.8. The second-order valence-electron chi connectivity index (χ2n) is 8.60. The minimum absolute atomic E-state index is 0.0201. The first-order valence-electron chi connectivity index (χ1n) is 11.0. The highest BCUT2D eigenvalue weighted by atomic mass is 35.5. The fraction of sp³-hybridized carbons (Fsp3) is 0.458. The fourth-order valence-corrected chi connectivity index (χ4v) is 6.19. The molecule has 0 radical (unpaired) electrons. The van der Waals surface area contributed by atoms with Gasteiger partial charge in [-0.15, -0.1) is 0 Å². The summed E-state index contributed by atoms with van der Waals surface area (Å²) in [6.07, 6.45) is 5.33. The number of hydrogen-bond donors (Lipinski definition) is 1. The van der Waals surface area contributed by atoms with Crippen LogP contribution >= 0.6 is 11.6 Å². The molecule has 2 aromatic rings. The van der Waals surface area contributed by atoms with E-state index >= 15 is 0 Å². The van der Waals surface area contributed by atoms with Crippen molar-refractivity contribution in [3.05, 3.63) is 64.2 Å². The van der Waals surface area contributed by atoms with Crippen LogP contribution in [0, 0.1) is 5.92 Å². The predicted molar refractivity (Wildman–Crippen MR) is 123 cm³/mol. The third-order valence-corrected chi connectivity index (χ3v) is 8.66. The molecule has 0 saturated carbocycles. The SMILES string of the molecule is CC(NC(=O)C1CCN(S(=O)(=O)c2ccc3c(c2)CCCC3)CC1)c1ccc(Cl)cc1. The quantitative estimate of drug-likeness (QED) is 0.714. The Balaban J connectivity index is 1.36. The molecule has 5 nitrogen and oxygen atoms in total. The number of sulfonamides is 1. The number of carbonyl (C=O) groups is 1. The van der Waals surface area contributed by atoms with Crippen LogP contribution in [-0.2, 0) is 27.7 Å². The second kappa shape index (κ2) is 9.31. The average Bonchev–Trinajstić information content (AvgIpc) is 2.79. The number of halogens is 1. The molecule has 2 aromatic carbocycles. The van der Waals surface area contributed by atoms with Gasteiger partial charge < -0.3 is 5.32 Å². The summed E-state index contributed by atoms with van der Waals surface area (Å²) in [4.78, 5) is 13.1. The molecule has 1 heterocycles. The van der Waals surface area contributed by atoms with Crippen molar-refractivity contribution in [1.82, 2.24) is 9.62 Å². The number of nitrogens with zero attached hydrogens (tertiary/aromatic N) is 1. The minimum atomic E-state index is -3.53.